The molecule has 264 valence electrons. The Morgan fingerprint density at radius 3 is 2.29 bits per heavy atom. The van der Waals surface area contributed by atoms with Crippen molar-refractivity contribution in [2.45, 2.75) is 118 Å². The van der Waals surface area contributed by atoms with Crippen LogP contribution in [0.25, 0.3) is 0 Å². The average molecular weight is 661 g/mol. The smallest absolute Gasteiger partial charge is 0.305 e. The van der Waals surface area contributed by atoms with Crippen LogP contribution in [0.15, 0.2) is 36.4 Å². The first-order valence-electron chi connectivity index (χ1n) is 18.9. The van der Waals surface area contributed by atoms with Crippen molar-refractivity contribution in [1.82, 2.24) is 10.6 Å². The van der Waals surface area contributed by atoms with Crippen molar-refractivity contribution in [3.8, 4) is 0 Å². The second kappa shape index (κ2) is 12.9. The Bertz CT molecular complexity index is 1440. The second-order valence-electron chi connectivity index (χ2n) is 17.7. The molecule has 4 N–H and O–H groups in total. The van der Waals surface area contributed by atoms with Crippen molar-refractivity contribution >= 4 is 17.8 Å². The number of allylic oxidation sites excluding steroid dienone is 1. The molecule has 48 heavy (non-hydrogen) atoms. The first-order chi connectivity index (χ1) is 22.7. The van der Waals surface area contributed by atoms with Gasteiger partial charge in [-0.25, -0.2) is 0 Å². The molecule has 7 heteroatoms. The van der Waals surface area contributed by atoms with Crippen LogP contribution in [0, 0.1) is 57.2 Å². The molecule has 0 saturated heterocycles. The summed E-state index contributed by atoms with van der Waals surface area (Å²) in [6, 6.07) is 7.39. The van der Waals surface area contributed by atoms with Crippen LogP contribution >= 0.6 is 0 Å². The molecular weight excluding hydrogens is 600 g/mol. The van der Waals surface area contributed by atoms with Gasteiger partial charge in [-0.15, -0.1) is 0 Å². The predicted octanol–water partition coefficient (Wildman–Crippen LogP) is 7.18. The standard InChI is InChI=1S/C41H60N2O5/c1-25(2)27-13-21-41(37(48)43-23-17-26-9-7-8-10-28(26)36(47)42-24-18-34(45)46)22-14-30-29(35(27)41)11-12-32-39(30,5)19-15-31-38(3,4)33(44)16-20-40(31,32)6/h7-10,27,29-33,35,44H,1,11-24H2,2-6H3,(H,42,47)(H,43,48)(H,45,46)/t27?,29?,30?,31?,32?,33?,35?,39?,40?,41-/m0/s1. The quantitative estimate of drug-likeness (QED) is 0.210. The fraction of sp³-hybridized carbons (Fsp3) is 0.732. The van der Waals surface area contributed by atoms with Gasteiger partial charge in [-0.2, -0.15) is 0 Å². The summed E-state index contributed by atoms with van der Waals surface area (Å²) in [6.07, 6.45) is 11.0. The van der Waals surface area contributed by atoms with Crippen molar-refractivity contribution < 1.29 is 24.6 Å². The van der Waals surface area contributed by atoms with Gasteiger partial charge >= 0.3 is 5.97 Å². The number of benzene rings is 1. The van der Waals surface area contributed by atoms with Crippen molar-refractivity contribution in [2.75, 3.05) is 13.1 Å². The van der Waals surface area contributed by atoms with E-state index in [1.165, 1.54) is 31.3 Å². The zero-order valence-corrected chi connectivity index (χ0v) is 30.1. The molecule has 0 bridgehead atoms. The van der Waals surface area contributed by atoms with Crippen LogP contribution in [0.3, 0.4) is 0 Å². The maximum absolute atomic E-state index is 14.5. The summed E-state index contributed by atoms with van der Waals surface area (Å²) in [6.45, 7) is 17.0. The molecule has 5 saturated carbocycles. The lowest BCUT2D eigenvalue weighted by molar-refractivity contribution is -0.216. The van der Waals surface area contributed by atoms with Gasteiger partial charge in [0.15, 0.2) is 0 Å². The van der Waals surface area contributed by atoms with Gasteiger partial charge < -0.3 is 20.8 Å². The third kappa shape index (κ3) is 5.64. The van der Waals surface area contributed by atoms with E-state index in [0.29, 0.717) is 54.0 Å². The fourth-order valence-electron chi connectivity index (χ4n) is 13.0. The van der Waals surface area contributed by atoms with E-state index in [2.05, 4.69) is 51.8 Å². The van der Waals surface area contributed by atoms with Crippen LogP contribution in [0.1, 0.15) is 121 Å². The number of amides is 2. The number of fused-ring (bicyclic) bond motifs is 7. The van der Waals surface area contributed by atoms with E-state index < -0.39 is 5.97 Å². The molecule has 2 amide bonds. The number of carboxylic acids is 1. The molecule has 0 aliphatic heterocycles. The summed E-state index contributed by atoms with van der Waals surface area (Å²) in [4.78, 5) is 38.2. The molecule has 10 atom stereocenters. The maximum Gasteiger partial charge on any atom is 0.305 e. The monoisotopic (exact) mass is 660 g/mol. The number of nitrogens with one attached hydrogen (secondary N) is 2. The number of carbonyl (C=O) groups excluding carboxylic acids is 2. The minimum atomic E-state index is -0.948. The Morgan fingerprint density at radius 2 is 1.56 bits per heavy atom. The topological polar surface area (TPSA) is 116 Å². The first-order valence-corrected chi connectivity index (χ1v) is 18.9. The Labute approximate surface area is 288 Å². The first kappa shape index (κ1) is 35.2. The molecular formula is C41H60N2O5. The number of aliphatic carboxylic acids is 1. The number of rotatable bonds is 9. The van der Waals surface area contributed by atoms with Gasteiger partial charge in [-0.05, 0) is 141 Å². The molecule has 1 aromatic rings. The van der Waals surface area contributed by atoms with Gasteiger partial charge in [0.05, 0.1) is 17.9 Å². The number of carbonyl (C=O) groups is 3. The van der Waals surface area contributed by atoms with E-state index in [0.717, 1.165) is 44.1 Å². The average Bonchev–Trinajstić information content (AvgIpc) is 3.45. The fourth-order valence-corrected chi connectivity index (χ4v) is 13.0. The Morgan fingerprint density at radius 1 is 0.854 bits per heavy atom. The van der Waals surface area contributed by atoms with Gasteiger partial charge in [0, 0.05) is 18.7 Å². The van der Waals surface area contributed by atoms with Crippen LogP contribution in [-0.4, -0.2) is 47.2 Å². The highest BCUT2D eigenvalue weighted by Crippen LogP contribution is 2.73. The summed E-state index contributed by atoms with van der Waals surface area (Å²) < 4.78 is 0. The molecule has 0 radical (unpaired) electrons. The third-order valence-corrected chi connectivity index (χ3v) is 15.2. The SMILES string of the molecule is C=C(C)C1CC[C@]2(C(=O)NCCc3ccccc3C(=O)NCCC(=O)O)CCC3C(CCC4C3(C)CCC3C(C)(C)C(O)CCC34C)C12. The minimum absolute atomic E-state index is 0.0495. The zero-order chi connectivity index (χ0) is 34.6. The normalized spacial score (nSPS) is 39.6. The van der Waals surface area contributed by atoms with Gasteiger partial charge in [0.25, 0.3) is 5.91 Å². The van der Waals surface area contributed by atoms with Gasteiger partial charge in [-0.3, -0.25) is 14.4 Å². The molecule has 7 nitrogen and oxygen atoms in total. The third-order valence-electron chi connectivity index (χ3n) is 15.2. The van der Waals surface area contributed by atoms with Gasteiger partial charge in [0.2, 0.25) is 5.91 Å². The number of hydrogen-bond acceptors (Lipinski definition) is 4. The summed E-state index contributed by atoms with van der Waals surface area (Å²) >= 11 is 0. The van der Waals surface area contributed by atoms with Crippen LogP contribution in [0.2, 0.25) is 0 Å². The van der Waals surface area contributed by atoms with E-state index in [1.807, 2.05) is 18.2 Å². The lowest BCUT2D eigenvalue weighted by Crippen LogP contribution is -2.64. The van der Waals surface area contributed by atoms with Crippen LogP contribution in [-0.2, 0) is 16.0 Å². The zero-order valence-electron chi connectivity index (χ0n) is 30.1. The van der Waals surface area contributed by atoms with Crippen LogP contribution in [0.4, 0.5) is 0 Å². The largest absolute Gasteiger partial charge is 0.481 e. The Hall–Kier alpha value is -2.67. The Balaban J connectivity index is 1.19. The van der Waals surface area contributed by atoms with Crippen molar-refractivity contribution in [3.63, 3.8) is 0 Å². The summed E-state index contributed by atoms with van der Waals surface area (Å²) in [7, 11) is 0. The lowest BCUT2D eigenvalue weighted by Gasteiger charge is -2.69. The van der Waals surface area contributed by atoms with Crippen LogP contribution in [0.5, 0.6) is 0 Å². The van der Waals surface area contributed by atoms with Gasteiger partial charge in [-0.1, -0.05) is 58.0 Å². The highest BCUT2D eigenvalue weighted by molar-refractivity contribution is 5.95. The van der Waals surface area contributed by atoms with E-state index in [1.54, 1.807) is 6.07 Å². The second-order valence-corrected chi connectivity index (χ2v) is 17.7. The molecule has 0 heterocycles. The summed E-state index contributed by atoms with van der Waals surface area (Å²) in [5.41, 5.74) is 2.69. The van der Waals surface area contributed by atoms with E-state index in [9.17, 15) is 19.5 Å². The number of hydrogen-bond donors (Lipinski definition) is 4. The molecule has 5 aliphatic carbocycles. The summed E-state index contributed by atoms with van der Waals surface area (Å²) in [5.74, 6) is 1.98. The molecule has 0 aromatic heterocycles. The molecule has 0 spiro atoms. The molecule has 5 fully saturated rings. The molecule has 5 aliphatic rings. The van der Waals surface area contributed by atoms with Gasteiger partial charge in [0.1, 0.15) is 0 Å². The van der Waals surface area contributed by atoms with Crippen molar-refractivity contribution in [1.29, 1.82) is 0 Å². The Kier molecular flexibility index (Phi) is 9.45. The molecule has 9 unspecified atom stereocenters. The molecule has 1 aromatic carbocycles. The van der Waals surface area contributed by atoms with E-state index in [-0.39, 0.29) is 52.5 Å². The van der Waals surface area contributed by atoms with Crippen LogP contribution < -0.4 is 10.6 Å². The number of carboxylic acid groups (broad SMARTS) is 1. The minimum Gasteiger partial charge on any atom is -0.481 e. The number of aliphatic hydroxyl groups is 1. The van der Waals surface area contributed by atoms with E-state index >= 15 is 0 Å². The highest BCUT2D eigenvalue weighted by Gasteiger charge is 2.68. The highest BCUT2D eigenvalue weighted by atomic mass is 16.4. The predicted molar refractivity (Wildman–Crippen MR) is 188 cm³/mol. The summed E-state index contributed by atoms with van der Waals surface area (Å²) in [5, 5.41) is 26.0. The molecule has 6 rings (SSSR count). The van der Waals surface area contributed by atoms with E-state index in [4.69, 9.17) is 5.11 Å². The van der Waals surface area contributed by atoms with Crippen molar-refractivity contribution in [3.05, 3.63) is 47.5 Å². The lowest BCUT2D eigenvalue weighted by atomic mass is 9.36. The van der Waals surface area contributed by atoms with Crippen molar-refractivity contribution in [2.24, 2.45) is 57.2 Å². The maximum atomic E-state index is 14.5. The number of aliphatic hydroxyl groups excluding tert-OH is 1.